The van der Waals surface area contributed by atoms with E-state index in [2.05, 4.69) is 194 Å². The Morgan fingerprint density at radius 3 is 2.38 bits per heavy atom. The lowest BCUT2D eigenvalue weighted by molar-refractivity contribution is 0.394. The van der Waals surface area contributed by atoms with Gasteiger partial charge in [-0.3, -0.25) is 0 Å². The largest absolute Gasteiger partial charge is 0.334 e. The van der Waals surface area contributed by atoms with Crippen molar-refractivity contribution in [2.45, 2.75) is 57.4 Å². The molecule has 0 amide bonds. The second kappa shape index (κ2) is 12.5. The smallest absolute Gasteiger partial charge is 0.0560 e. The highest BCUT2D eigenvalue weighted by Gasteiger charge is 2.44. The Labute approximate surface area is 314 Å². The molecule has 2 heteroatoms. The molecule has 0 saturated carbocycles. The maximum atomic E-state index is 2.55. The van der Waals surface area contributed by atoms with E-state index >= 15 is 0 Å². The third-order valence-corrected chi connectivity index (χ3v) is 12.7. The van der Waals surface area contributed by atoms with E-state index in [0.29, 0.717) is 17.8 Å². The Bertz CT molecular complexity index is 2470. The van der Waals surface area contributed by atoms with Crippen LogP contribution in [0.5, 0.6) is 0 Å². The highest BCUT2D eigenvalue weighted by molar-refractivity contribution is 5.94. The first kappa shape index (κ1) is 32.1. The molecule has 0 radical (unpaired) electrons. The molecule has 0 saturated heterocycles. The minimum atomic E-state index is 0.0782. The van der Waals surface area contributed by atoms with Crippen molar-refractivity contribution in [1.82, 2.24) is 4.57 Å². The fourth-order valence-corrected chi connectivity index (χ4v) is 9.89. The standard InChI is InChI=1S/C51H46N2/c1-34-12-11-17-42(34)36-22-27-40(28-23-36)53-49-19-10-8-16-45(49)46-32-37(24-31-50(46)53)35-20-25-39(26-21-35)52(38-13-5-4-6-14-38)41-29-30-44-43-15-7-9-18-47(43)51(2,3)48(44)33-41/h4-7,9-15,17-25,27-34,39,43,47H,8,16,26H2,1-3H3/t34?,39-,43?,47?/m1/s1. The average Bonchev–Trinajstić information content (AvgIpc) is 3.85. The maximum absolute atomic E-state index is 2.55. The number of para-hydroxylation sites is 1. The molecule has 0 fully saturated rings. The van der Waals surface area contributed by atoms with Crippen LogP contribution in [0, 0.1) is 11.8 Å². The van der Waals surface area contributed by atoms with Crippen LogP contribution in [0.1, 0.15) is 73.0 Å². The summed E-state index contributed by atoms with van der Waals surface area (Å²) in [5.74, 6) is 1.43. The molecule has 4 atom stereocenters. The van der Waals surface area contributed by atoms with E-state index < -0.39 is 0 Å². The topological polar surface area (TPSA) is 8.17 Å². The van der Waals surface area contributed by atoms with Crippen molar-refractivity contribution in [3.63, 3.8) is 0 Å². The molecule has 1 aromatic heterocycles. The number of hydrogen-bond acceptors (Lipinski definition) is 1. The molecule has 2 nitrogen and oxygen atoms in total. The number of allylic oxidation sites excluding steroid dienone is 11. The Morgan fingerprint density at radius 1 is 0.755 bits per heavy atom. The highest BCUT2D eigenvalue weighted by atomic mass is 15.2. The molecule has 0 bridgehead atoms. The van der Waals surface area contributed by atoms with Crippen molar-refractivity contribution in [2.75, 3.05) is 4.90 Å². The number of aromatic nitrogens is 1. The summed E-state index contributed by atoms with van der Waals surface area (Å²) in [6.07, 6.45) is 31.0. The molecular formula is C51H46N2. The van der Waals surface area contributed by atoms with Crippen LogP contribution in [0.25, 0.3) is 33.8 Å². The van der Waals surface area contributed by atoms with E-state index in [1.165, 1.54) is 72.6 Å². The van der Waals surface area contributed by atoms with Crippen molar-refractivity contribution in [3.05, 3.63) is 191 Å². The molecule has 10 rings (SSSR count). The van der Waals surface area contributed by atoms with Crippen LogP contribution in [0.15, 0.2) is 158 Å². The Kier molecular flexibility index (Phi) is 7.58. The van der Waals surface area contributed by atoms with E-state index in [1.807, 2.05) is 0 Å². The predicted molar refractivity (Wildman–Crippen MR) is 225 cm³/mol. The molecule has 5 aliphatic rings. The normalized spacial score (nSPS) is 23.2. The van der Waals surface area contributed by atoms with Crippen LogP contribution in [0.4, 0.5) is 11.4 Å². The summed E-state index contributed by atoms with van der Waals surface area (Å²) < 4.78 is 2.47. The van der Waals surface area contributed by atoms with E-state index in [4.69, 9.17) is 0 Å². The quantitative estimate of drug-likeness (QED) is 0.173. The molecule has 4 aromatic carbocycles. The summed E-state index contributed by atoms with van der Waals surface area (Å²) in [6.45, 7) is 7.12. The van der Waals surface area contributed by atoms with Gasteiger partial charge in [0.2, 0.25) is 0 Å². The maximum Gasteiger partial charge on any atom is 0.0560 e. The van der Waals surface area contributed by atoms with E-state index in [1.54, 1.807) is 0 Å². The van der Waals surface area contributed by atoms with Gasteiger partial charge in [-0.15, -0.1) is 0 Å². The molecular weight excluding hydrogens is 641 g/mol. The molecule has 0 N–H and O–H groups in total. The lowest BCUT2D eigenvalue weighted by Crippen LogP contribution is -2.30. The summed E-state index contributed by atoms with van der Waals surface area (Å²) in [7, 11) is 0. The fourth-order valence-electron chi connectivity index (χ4n) is 9.89. The Morgan fingerprint density at radius 2 is 1.58 bits per heavy atom. The first-order chi connectivity index (χ1) is 26.0. The molecule has 0 spiro atoms. The zero-order chi connectivity index (χ0) is 35.7. The van der Waals surface area contributed by atoms with Crippen molar-refractivity contribution in [2.24, 2.45) is 11.8 Å². The van der Waals surface area contributed by atoms with Crippen molar-refractivity contribution in [1.29, 1.82) is 0 Å². The number of rotatable bonds is 6. The van der Waals surface area contributed by atoms with Crippen LogP contribution in [0.2, 0.25) is 0 Å². The number of aryl methyl sites for hydroxylation is 1. The van der Waals surface area contributed by atoms with Gasteiger partial charge in [0.1, 0.15) is 0 Å². The number of nitrogens with zero attached hydrogens (tertiary/aromatic N) is 2. The van der Waals surface area contributed by atoms with Crippen molar-refractivity contribution >= 4 is 39.5 Å². The third-order valence-electron chi connectivity index (χ3n) is 12.7. The summed E-state index contributed by atoms with van der Waals surface area (Å²) in [6, 6.07) is 34.7. The fraction of sp³-hybridized carbons (Fsp3) is 0.216. The summed E-state index contributed by atoms with van der Waals surface area (Å²) in [5.41, 5.74) is 16.1. The first-order valence-corrected chi connectivity index (χ1v) is 19.5. The number of hydrogen-bond donors (Lipinski definition) is 0. The highest BCUT2D eigenvalue weighted by Crippen LogP contribution is 2.54. The van der Waals surface area contributed by atoms with E-state index in [0.717, 1.165) is 19.3 Å². The van der Waals surface area contributed by atoms with Gasteiger partial charge in [0.25, 0.3) is 0 Å². The number of fused-ring (bicyclic) bond motifs is 6. The first-order valence-electron chi connectivity index (χ1n) is 19.5. The summed E-state index contributed by atoms with van der Waals surface area (Å²) in [5, 5.41) is 1.37. The summed E-state index contributed by atoms with van der Waals surface area (Å²) >= 11 is 0. The van der Waals surface area contributed by atoms with Crippen LogP contribution >= 0.6 is 0 Å². The molecule has 5 aliphatic carbocycles. The predicted octanol–water partition coefficient (Wildman–Crippen LogP) is 12.8. The van der Waals surface area contributed by atoms with Crippen molar-refractivity contribution < 1.29 is 0 Å². The van der Waals surface area contributed by atoms with Crippen molar-refractivity contribution in [3.8, 4) is 5.69 Å². The van der Waals surface area contributed by atoms with Gasteiger partial charge in [-0.25, -0.2) is 0 Å². The number of benzene rings is 4. The minimum absolute atomic E-state index is 0.0782. The zero-order valence-corrected chi connectivity index (χ0v) is 30.9. The van der Waals surface area contributed by atoms with Gasteiger partial charge in [-0.2, -0.15) is 0 Å². The molecule has 5 aromatic rings. The van der Waals surface area contributed by atoms with Gasteiger partial charge in [0.05, 0.1) is 11.6 Å². The van der Waals surface area contributed by atoms with Gasteiger partial charge in [-0.05, 0) is 130 Å². The minimum Gasteiger partial charge on any atom is -0.334 e. The van der Waals surface area contributed by atoms with E-state index in [-0.39, 0.29) is 11.5 Å². The van der Waals surface area contributed by atoms with Gasteiger partial charge >= 0.3 is 0 Å². The number of anilines is 2. The lowest BCUT2D eigenvalue weighted by Gasteiger charge is -2.34. The molecule has 0 aliphatic heterocycles. The molecule has 3 unspecified atom stereocenters. The van der Waals surface area contributed by atoms with Crippen LogP contribution in [0.3, 0.4) is 0 Å². The van der Waals surface area contributed by atoms with Crippen LogP contribution < -0.4 is 4.90 Å². The third kappa shape index (κ3) is 5.22. The second-order valence-corrected chi connectivity index (χ2v) is 16.1. The van der Waals surface area contributed by atoms with Crippen LogP contribution in [-0.2, 0) is 11.8 Å². The van der Waals surface area contributed by atoms with Gasteiger partial charge in [-0.1, -0.05) is 130 Å². The van der Waals surface area contributed by atoms with E-state index in [9.17, 15) is 0 Å². The molecule has 1 heterocycles. The summed E-state index contributed by atoms with van der Waals surface area (Å²) in [4.78, 5) is 2.55. The second-order valence-electron chi connectivity index (χ2n) is 16.1. The van der Waals surface area contributed by atoms with Gasteiger partial charge in [0, 0.05) is 34.1 Å². The molecule has 53 heavy (non-hydrogen) atoms. The lowest BCUT2D eigenvalue weighted by atomic mass is 9.74. The van der Waals surface area contributed by atoms with Gasteiger partial charge in [0.15, 0.2) is 0 Å². The average molecular weight is 687 g/mol. The Balaban J connectivity index is 0.973. The SMILES string of the molecule is CC1C=CC=C1c1ccc(-n2c3c(c4cc(C5=CC[C@H](N(c6ccccc6)c6ccc7c(c6)C(C)(C)C6C=CC=CC76)C=C5)ccc42)CCC=C3)cc1. The monoisotopic (exact) mass is 686 g/mol. The van der Waals surface area contributed by atoms with Gasteiger partial charge < -0.3 is 9.47 Å². The zero-order valence-electron chi connectivity index (χ0n) is 30.9. The molecule has 260 valence electrons. The Hall–Kier alpha value is -5.60. The van der Waals surface area contributed by atoms with Crippen LogP contribution in [-0.4, -0.2) is 10.6 Å².